The molecule has 0 spiro atoms. The van der Waals surface area contributed by atoms with E-state index in [1.165, 1.54) is 12.1 Å². The minimum absolute atomic E-state index is 0.104. The van der Waals surface area contributed by atoms with Gasteiger partial charge in [0.05, 0.1) is 0 Å². The Morgan fingerprint density at radius 2 is 1.93 bits per heavy atom. The van der Waals surface area contributed by atoms with Gasteiger partial charge in [-0.3, -0.25) is 4.79 Å². The molecule has 1 fully saturated rings. The molecule has 1 saturated heterocycles. The van der Waals surface area contributed by atoms with Crippen LogP contribution in [0.15, 0.2) is 36.4 Å². The fraction of sp³-hybridized carbons (Fsp3) is 0.429. The third-order valence-electron chi connectivity index (χ3n) is 5.65. The molecule has 3 heterocycles. The van der Waals surface area contributed by atoms with Gasteiger partial charge in [0.2, 0.25) is 5.91 Å². The number of alkyl halides is 3. The second kappa shape index (κ2) is 7.86. The molecule has 8 heteroatoms. The minimum atomic E-state index is -4.56. The van der Waals surface area contributed by atoms with Crippen LogP contribution in [0.2, 0.25) is 5.15 Å². The van der Waals surface area contributed by atoms with Gasteiger partial charge >= 0.3 is 6.18 Å². The maximum absolute atomic E-state index is 13.4. The molecule has 2 aromatic rings. The predicted molar refractivity (Wildman–Crippen MR) is 105 cm³/mol. The monoisotopic (exact) mass is 423 g/mol. The van der Waals surface area contributed by atoms with E-state index >= 15 is 0 Å². The molecule has 1 amide bonds. The van der Waals surface area contributed by atoms with Gasteiger partial charge in [0, 0.05) is 49.8 Å². The average Bonchev–Trinajstić information content (AvgIpc) is 3.24. The van der Waals surface area contributed by atoms with Crippen LogP contribution in [-0.2, 0) is 17.5 Å². The first-order valence-corrected chi connectivity index (χ1v) is 10.0. The molecular weight excluding hydrogens is 403 g/mol. The number of pyridine rings is 1. The smallest absolute Gasteiger partial charge is 0.366 e. The highest BCUT2D eigenvalue weighted by Crippen LogP contribution is 2.40. The molecule has 2 aliphatic rings. The molecule has 0 unspecified atom stereocenters. The van der Waals surface area contributed by atoms with Gasteiger partial charge in [0.1, 0.15) is 5.15 Å². The minimum Gasteiger partial charge on any atom is -0.366 e. The Kier molecular flexibility index (Phi) is 5.42. The van der Waals surface area contributed by atoms with Crippen molar-refractivity contribution in [3.05, 3.63) is 58.4 Å². The number of halogens is 4. The lowest BCUT2D eigenvalue weighted by atomic mass is 9.98. The first-order valence-electron chi connectivity index (χ1n) is 9.67. The van der Waals surface area contributed by atoms with Crippen molar-refractivity contribution < 1.29 is 18.0 Å². The summed E-state index contributed by atoms with van der Waals surface area (Å²) < 4.78 is 40.3. The van der Waals surface area contributed by atoms with Crippen LogP contribution < -0.4 is 4.90 Å². The van der Waals surface area contributed by atoms with Gasteiger partial charge in [-0.2, -0.15) is 13.2 Å². The molecule has 0 radical (unpaired) electrons. The summed E-state index contributed by atoms with van der Waals surface area (Å²) in [6.45, 7) is 2.20. The van der Waals surface area contributed by atoms with Crippen molar-refractivity contribution in [2.45, 2.75) is 37.9 Å². The summed E-state index contributed by atoms with van der Waals surface area (Å²) in [6.07, 6.45) is -2.26. The van der Waals surface area contributed by atoms with Crippen LogP contribution in [0, 0.1) is 0 Å². The molecule has 0 saturated carbocycles. The highest BCUT2D eigenvalue weighted by atomic mass is 35.5. The third-order valence-corrected chi connectivity index (χ3v) is 5.86. The Hall–Kier alpha value is -2.28. The maximum atomic E-state index is 13.4. The van der Waals surface area contributed by atoms with Gasteiger partial charge in [0.15, 0.2) is 5.69 Å². The van der Waals surface area contributed by atoms with Gasteiger partial charge in [0.25, 0.3) is 0 Å². The normalized spacial score (nSPS) is 19.2. The van der Waals surface area contributed by atoms with Gasteiger partial charge < -0.3 is 9.80 Å². The van der Waals surface area contributed by atoms with Crippen LogP contribution in [0.25, 0.3) is 0 Å². The number of amides is 1. The molecule has 0 N–H and O–H groups in total. The van der Waals surface area contributed by atoms with E-state index in [0.717, 1.165) is 30.6 Å². The summed E-state index contributed by atoms with van der Waals surface area (Å²) >= 11 is 5.70. The summed E-state index contributed by atoms with van der Waals surface area (Å²) in [5, 5.41) is -0.170. The van der Waals surface area contributed by atoms with Crippen LogP contribution in [0.1, 0.15) is 42.0 Å². The number of carbonyl (C=O) groups is 1. The molecule has 0 aliphatic carbocycles. The standard InChI is InChI=1S/C21H21ClF3N3O/c22-18-8-7-15(20(26-18)21(23,24)25)13-28-12-14(16-4-1-2-5-17(16)28)9-11-27-10-3-6-19(27)29/h1-2,4-5,7-8,14H,3,6,9-13H2/t14-/m0/s1. The van der Waals surface area contributed by atoms with Gasteiger partial charge in [-0.1, -0.05) is 35.9 Å². The van der Waals surface area contributed by atoms with Crippen LogP contribution in [0.3, 0.4) is 0 Å². The highest BCUT2D eigenvalue weighted by molar-refractivity contribution is 6.29. The highest BCUT2D eigenvalue weighted by Gasteiger charge is 2.37. The number of nitrogens with zero attached hydrogens (tertiary/aromatic N) is 3. The summed E-state index contributed by atoms with van der Waals surface area (Å²) in [5.74, 6) is 0.365. The fourth-order valence-electron chi connectivity index (χ4n) is 4.27. The first kappa shape index (κ1) is 20.0. The van der Waals surface area contributed by atoms with Crippen molar-refractivity contribution in [2.24, 2.45) is 0 Å². The number of rotatable bonds is 5. The molecule has 1 aromatic heterocycles. The van der Waals surface area contributed by atoms with E-state index in [9.17, 15) is 18.0 Å². The summed E-state index contributed by atoms with van der Waals surface area (Å²) in [7, 11) is 0. The van der Waals surface area contributed by atoms with Gasteiger partial charge in [-0.25, -0.2) is 4.98 Å². The van der Waals surface area contributed by atoms with Crippen molar-refractivity contribution >= 4 is 23.2 Å². The number of likely N-dealkylation sites (tertiary alicyclic amines) is 1. The van der Waals surface area contributed by atoms with E-state index in [1.807, 2.05) is 34.1 Å². The second-order valence-corrected chi connectivity index (χ2v) is 7.94. The number of hydrogen-bond donors (Lipinski definition) is 0. The maximum Gasteiger partial charge on any atom is 0.433 e. The van der Waals surface area contributed by atoms with Crippen molar-refractivity contribution in [1.29, 1.82) is 0 Å². The van der Waals surface area contributed by atoms with E-state index in [-0.39, 0.29) is 29.1 Å². The third kappa shape index (κ3) is 4.20. The van der Waals surface area contributed by atoms with Crippen LogP contribution in [0.4, 0.5) is 18.9 Å². The number of fused-ring (bicyclic) bond motifs is 1. The lowest BCUT2D eigenvalue weighted by Gasteiger charge is -2.23. The summed E-state index contributed by atoms with van der Waals surface area (Å²) in [4.78, 5) is 19.3. The van der Waals surface area contributed by atoms with Crippen molar-refractivity contribution in [3.8, 4) is 0 Å². The van der Waals surface area contributed by atoms with E-state index in [2.05, 4.69) is 4.98 Å². The molecular formula is C21H21ClF3N3O. The number of benzene rings is 1. The zero-order chi connectivity index (χ0) is 20.6. The molecule has 4 rings (SSSR count). The van der Waals surface area contributed by atoms with Crippen LogP contribution in [0.5, 0.6) is 0 Å². The fourth-order valence-corrected chi connectivity index (χ4v) is 4.42. The molecule has 29 heavy (non-hydrogen) atoms. The Morgan fingerprint density at radius 3 is 2.66 bits per heavy atom. The Labute approximate surface area is 172 Å². The topological polar surface area (TPSA) is 36.4 Å². The number of hydrogen-bond acceptors (Lipinski definition) is 3. The van der Waals surface area contributed by atoms with Gasteiger partial charge in [-0.15, -0.1) is 0 Å². The molecule has 1 aromatic carbocycles. The number of aromatic nitrogens is 1. The Morgan fingerprint density at radius 1 is 1.14 bits per heavy atom. The first-order chi connectivity index (χ1) is 13.8. The zero-order valence-corrected chi connectivity index (χ0v) is 16.5. The van der Waals surface area contributed by atoms with E-state index < -0.39 is 11.9 Å². The molecule has 4 nitrogen and oxygen atoms in total. The molecule has 1 atom stereocenters. The lowest BCUT2D eigenvalue weighted by Crippen LogP contribution is -2.28. The molecule has 0 bridgehead atoms. The predicted octanol–water partition coefficient (Wildman–Crippen LogP) is 4.87. The quantitative estimate of drug-likeness (QED) is 0.644. The Balaban J connectivity index is 1.54. The zero-order valence-electron chi connectivity index (χ0n) is 15.8. The summed E-state index contributed by atoms with van der Waals surface area (Å²) in [6, 6.07) is 10.6. The van der Waals surface area contributed by atoms with E-state index in [4.69, 9.17) is 11.6 Å². The lowest BCUT2D eigenvalue weighted by molar-refractivity contribution is -0.141. The SMILES string of the molecule is O=C1CCCN1CC[C@H]1CN(Cc2ccc(Cl)nc2C(F)(F)F)c2ccccc21. The largest absolute Gasteiger partial charge is 0.433 e. The van der Waals surface area contributed by atoms with E-state index in [0.29, 0.717) is 19.5 Å². The second-order valence-electron chi connectivity index (χ2n) is 7.55. The number of carbonyl (C=O) groups excluding carboxylic acids is 1. The van der Waals surface area contributed by atoms with Crippen molar-refractivity contribution in [2.75, 3.05) is 24.5 Å². The van der Waals surface area contributed by atoms with E-state index in [1.54, 1.807) is 0 Å². The van der Waals surface area contributed by atoms with Crippen molar-refractivity contribution in [1.82, 2.24) is 9.88 Å². The van der Waals surface area contributed by atoms with Gasteiger partial charge in [-0.05, 0) is 30.5 Å². The molecule has 2 aliphatic heterocycles. The Bertz CT molecular complexity index is 918. The van der Waals surface area contributed by atoms with Crippen molar-refractivity contribution in [3.63, 3.8) is 0 Å². The number of para-hydroxylation sites is 1. The number of anilines is 1. The van der Waals surface area contributed by atoms with Crippen LogP contribution in [-0.4, -0.2) is 35.4 Å². The van der Waals surface area contributed by atoms with Crippen LogP contribution >= 0.6 is 11.6 Å². The average molecular weight is 424 g/mol. The molecule has 154 valence electrons. The summed E-state index contributed by atoms with van der Waals surface area (Å²) in [5.41, 5.74) is 1.23.